The Balaban J connectivity index is 2.77. The van der Waals surface area contributed by atoms with Gasteiger partial charge in [0.1, 0.15) is 0 Å². The standard InChI is InChI=1S/C13H19NO3/c1-3-4-5-11(14)10-6-7-13(12(16)8-10)17-9(2)15/h6-8,11,16H,3-5,14H2,1-2H3/t11-/m0/s1. The largest absolute Gasteiger partial charge is 0.504 e. The fourth-order valence-electron chi connectivity index (χ4n) is 1.60. The minimum atomic E-state index is -0.455. The smallest absolute Gasteiger partial charge is 0.308 e. The number of rotatable bonds is 5. The summed E-state index contributed by atoms with van der Waals surface area (Å²) in [7, 11) is 0. The van der Waals surface area contributed by atoms with E-state index >= 15 is 0 Å². The highest BCUT2D eigenvalue weighted by Gasteiger charge is 2.10. The van der Waals surface area contributed by atoms with E-state index in [-0.39, 0.29) is 17.5 Å². The molecule has 94 valence electrons. The molecule has 0 spiro atoms. The van der Waals surface area contributed by atoms with Crippen molar-refractivity contribution in [1.82, 2.24) is 0 Å². The van der Waals surface area contributed by atoms with E-state index in [4.69, 9.17) is 10.5 Å². The number of carbonyl (C=O) groups is 1. The Hall–Kier alpha value is -1.55. The Labute approximate surface area is 101 Å². The van der Waals surface area contributed by atoms with Crippen molar-refractivity contribution in [3.05, 3.63) is 23.8 Å². The number of esters is 1. The zero-order chi connectivity index (χ0) is 12.8. The Morgan fingerprint density at radius 3 is 2.76 bits per heavy atom. The number of carbonyl (C=O) groups excluding carboxylic acids is 1. The molecule has 0 bridgehead atoms. The normalized spacial score (nSPS) is 12.2. The predicted octanol–water partition coefficient (Wildman–Crippen LogP) is 2.51. The van der Waals surface area contributed by atoms with Gasteiger partial charge >= 0.3 is 5.97 Å². The molecule has 4 nitrogen and oxygen atoms in total. The Bertz CT molecular complexity index is 390. The maximum absolute atomic E-state index is 10.8. The molecule has 0 aliphatic carbocycles. The van der Waals surface area contributed by atoms with Crippen molar-refractivity contribution in [1.29, 1.82) is 0 Å². The van der Waals surface area contributed by atoms with Gasteiger partial charge in [-0.15, -0.1) is 0 Å². The Morgan fingerprint density at radius 1 is 1.53 bits per heavy atom. The van der Waals surface area contributed by atoms with Crippen LogP contribution in [0.1, 0.15) is 44.7 Å². The van der Waals surface area contributed by atoms with Gasteiger partial charge in [0.05, 0.1) is 0 Å². The molecule has 0 heterocycles. The summed E-state index contributed by atoms with van der Waals surface area (Å²) in [5.74, 6) is -0.336. The maximum atomic E-state index is 10.8. The summed E-state index contributed by atoms with van der Waals surface area (Å²) in [4.78, 5) is 10.8. The molecule has 0 saturated carbocycles. The second-order valence-electron chi connectivity index (χ2n) is 4.07. The van der Waals surface area contributed by atoms with Gasteiger partial charge in [0.25, 0.3) is 0 Å². The minimum absolute atomic E-state index is 0.0513. The molecule has 0 unspecified atom stereocenters. The lowest BCUT2D eigenvalue weighted by Crippen LogP contribution is -2.10. The SMILES string of the molecule is CCCC[C@H](N)c1ccc(OC(C)=O)c(O)c1. The number of phenolic OH excluding ortho intramolecular Hbond substituents is 1. The lowest BCUT2D eigenvalue weighted by Gasteiger charge is -2.13. The third-order valence-corrected chi connectivity index (χ3v) is 2.53. The lowest BCUT2D eigenvalue weighted by atomic mass is 10.0. The number of phenols is 1. The number of unbranched alkanes of at least 4 members (excludes halogenated alkanes) is 1. The molecule has 4 heteroatoms. The lowest BCUT2D eigenvalue weighted by molar-refractivity contribution is -0.132. The van der Waals surface area contributed by atoms with E-state index < -0.39 is 5.97 Å². The highest BCUT2D eigenvalue weighted by Crippen LogP contribution is 2.30. The summed E-state index contributed by atoms with van der Waals surface area (Å²) >= 11 is 0. The van der Waals surface area contributed by atoms with E-state index in [9.17, 15) is 9.90 Å². The summed E-state index contributed by atoms with van der Waals surface area (Å²) < 4.78 is 4.83. The van der Waals surface area contributed by atoms with Gasteiger partial charge in [-0.2, -0.15) is 0 Å². The first-order valence-electron chi connectivity index (χ1n) is 5.81. The van der Waals surface area contributed by atoms with Crippen molar-refractivity contribution in [2.75, 3.05) is 0 Å². The summed E-state index contributed by atoms with van der Waals surface area (Å²) in [6, 6.07) is 4.81. The highest BCUT2D eigenvalue weighted by molar-refractivity contribution is 5.70. The van der Waals surface area contributed by atoms with Crippen LogP contribution in [0, 0.1) is 0 Å². The zero-order valence-electron chi connectivity index (χ0n) is 10.3. The van der Waals surface area contributed by atoms with Gasteiger partial charge < -0.3 is 15.6 Å². The molecule has 0 fully saturated rings. The van der Waals surface area contributed by atoms with Crippen LogP contribution in [-0.2, 0) is 4.79 Å². The van der Waals surface area contributed by atoms with Crippen LogP contribution in [0.3, 0.4) is 0 Å². The average molecular weight is 237 g/mol. The third-order valence-electron chi connectivity index (χ3n) is 2.53. The topological polar surface area (TPSA) is 72.5 Å². The number of ether oxygens (including phenoxy) is 1. The summed E-state index contributed by atoms with van der Waals surface area (Å²) in [5.41, 5.74) is 6.84. The van der Waals surface area contributed by atoms with Crippen molar-refractivity contribution in [3.63, 3.8) is 0 Å². The molecule has 3 N–H and O–H groups in total. The molecule has 0 aliphatic rings. The molecule has 0 saturated heterocycles. The number of benzene rings is 1. The monoisotopic (exact) mass is 237 g/mol. The fourth-order valence-corrected chi connectivity index (χ4v) is 1.60. The predicted molar refractivity (Wildman–Crippen MR) is 65.9 cm³/mol. The van der Waals surface area contributed by atoms with Crippen molar-refractivity contribution >= 4 is 5.97 Å². The van der Waals surface area contributed by atoms with E-state index in [1.165, 1.54) is 6.92 Å². The average Bonchev–Trinajstić information content (AvgIpc) is 2.28. The van der Waals surface area contributed by atoms with Gasteiger partial charge in [0.2, 0.25) is 0 Å². The molecule has 1 aromatic carbocycles. The zero-order valence-corrected chi connectivity index (χ0v) is 10.3. The molecule has 1 aromatic rings. The van der Waals surface area contributed by atoms with Crippen molar-refractivity contribution in [2.24, 2.45) is 5.73 Å². The number of hydrogen-bond donors (Lipinski definition) is 2. The van der Waals surface area contributed by atoms with Crippen LogP contribution in [0.15, 0.2) is 18.2 Å². The van der Waals surface area contributed by atoms with Gasteiger partial charge in [-0.05, 0) is 24.1 Å². The van der Waals surface area contributed by atoms with Crippen LogP contribution in [0.2, 0.25) is 0 Å². The van der Waals surface area contributed by atoms with Crippen LogP contribution < -0.4 is 10.5 Å². The van der Waals surface area contributed by atoms with Gasteiger partial charge in [0, 0.05) is 13.0 Å². The van der Waals surface area contributed by atoms with Gasteiger partial charge in [0.15, 0.2) is 11.5 Å². The molecular weight excluding hydrogens is 218 g/mol. The molecule has 0 amide bonds. The van der Waals surface area contributed by atoms with E-state index in [0.717, 1.165) is 24.8 Å². The fraction of sp³-hybridized carbons (Fsp3) is 0.462. The summed E-state index contributed by atoms with van der Waals surface area (Å²) in [5, 5.41) is 9.68. The highest BCUT2D eigenvalue weighted by atomic mass is 16.5. The van der Waals surface area contributed by atoms with E-state index in [1.54, 1.807) is 18.2 Å². The Morgan fingerprint density at radius 2 is 2.24 bits per heavy atom. The van der Waals surface area contributed by atoms with E-state index in [1.807, 2.05) is 0 Å². The number of nitrogens with two attached hydrogens (primary N) is 1. The van der Waals surface area contributed by atoms with Gasteiger partial charge in [-0.1, -0.05) is 25.8 Å². The quantitative estimate of drug-likeness (QED) is 0.609. The maximum Gasteiger partial charge on any atom is 0.308 e. The second kappa shape index (κ2) is 6.25. The molecule has 0 radical (unpaired) electrons. The first-order chi connectivity index (χ1) is 8.04. The van der Waals surface area contributed by atoms with Crippen molar-refractivity contribution < 1.29 is 14.6 Å². The van der Waals surface area contributed by atoms with Crippen LogP contribution >= 0.6 is 0 Å². The molecular formula is C13H19NO3. The van der Waals surface area contributed by atoms with Gasteiger partial charge in [-0.3, -0.25) is 4.79 Å². The summed E-state index contributed by atoms with van der Waals surface area (Å²) in [6.07, 6.45) is 3.02. The molecule has 1 atom stereocenters. The number of hydrogen-bond acceptors (Lipinski definition) is 4. The number of aromatic hydroxyl groups is 1. The van der Waals surface area contributed by atoms with Crippen LogP contribution in [0.5, 0.6) is 11.5 Å². The molecule has 17 heavy (non-hydrogen) atoms. The molecule has 1 rings (SSSR count). The van der Waals surface area contributed by atoms with Crippen LogP contribution in [0.25, 0.3) is 0 Å². The van der Waals surface area contributed by atoms with Crippen molar-refractivity contribution in [2.45, 2.75) is 39.2 Å². The summed E-state index contributed by atoms with van der Waals surface area (Å²) in [6.45, 7) is 3.40. The molecule has 0 aliphatic heterocycles. The third kappa shape index (κ3) is 4.07. The second-order valence-corrected chi connectivity index (χ2v) is 4.07. The first kappa shape index (κ1) is 13.5. The minimum Gasteiger partial charge on any atom is -0.504 e. The van der Waals surface area contributed by atoms with Gasteiger partial charge in [-0.25, -0.2) is 0 Å². The van der Waals surface area contributed by atoms with Crippen molar-refractivity contribution in [3.8, 4) is 11.5 Å². The molecule has 0 aromatic heterocycles. The first-order valence-corrected chi connectivity index (χ1v) is 5.81. The van der Waals surface area contributed by atoms with E-state index in [0.29, 0.717) is 0 Å². The van der Waals surface area contributed by atoms with Crippen LogP contribution in [0.4, 0.5) is 0 Å². The van der Waals surface area contributed by atoms with E-state index in [2.05, 4.69) is 6.92 Å². The Kier molecular flexibility index (Phi) is 4.97. The van der Waals surface area contributed by atoms with Crippen LogP contribution in [-0.4, -0.2) is 11.1 Å².